The zero-order valence-electron chi connectivity index (χ0n) is 23.7. The normalized spacial score (nSPS) is 23.0. The highest BCUT2D eigenvalue weighted by Crippen LogP contribution is 2.50. The lowest BCUT2D eigenvalue weighted by atomic mass is 9.76. The molecule has 0 radical (unpaired) electrons. The van der Waals surface area contributed by atoms with Crippen molar-refractivity contribution in [2.75, 3.05) is 4.90 Å². The molecule has 0 bridgehead atoms. The maximum absolute atomic E-state index is 2.60. The third kappa shape index (κ3) is 3.70. The van der Waals surface area contributed by atoms with Crippen LogP contribution in [0, 0.1) is 5.92 Å². The van der Waals surface area contributed by atoms with Crippen LogP contribution in [-0.2, 0) is 11.8 Å². The van der Waals surface area contributed by atoms with Crippen LogP contribution >= 0.6 is 0 Å². The summed E-state index contributed by atoms with van der Waals surface area (Å²) in [7, 11) is 0. The van der Waals surface area contributed by atoms with E-state index in [-0.39, 0.29) is 5.41 Å². The summed E-state index contributed by atoms with van der Waals surface area (Å²) in [5.74, 6) is 0.495. The topological polar surface area (TPSA) is 8.17 Å². The lowest BCUT2D eigenvalue weighted by molar-refractivity contribution is 0.525. The van der Waals surface area contributed by atoms with E-state index in [2.05, 4.69) is 157 Å². The number of nitrogens with zero attached hydrogens (tertiary/aromatic N) is 2. The SMILES string of the molecule is CC1CC(N2c3ccccc3C3(C)C=CC=CC23)=CC=C1Cc1ccc(-n2c3ccccc3c3ccccc32)cc1. The van der Waals surface area contributed by atoms with Gasteiger partial charge < -0.3 is 9.47 Å². The second kappa shape index (κ2) is 9.24. The first-order valence-electron chi connectivity index (χ1n) is 14.8. The summed E-state index contributed by atoms with van der Waals surface area (Å²) in [5, 5.41) is 2.60. The number of benzene rings is 4. The molecule has 4 aromatic carbocycles. The van der Waals surface area contributed by atoms with E-state index in [1.807, 2.05) is 0 Å². The molecule has 0 saturated heterocycles. The Hall–Kier alpha value is -4.56. The van der Waals surface area contributed by atoms with Gasteiger partial charge in [0.25, 0.3) is 0 Å². The molecule has 200 valence electrons. The number of rotatable bonds is 4. The van der Waals surface area contributed by atoms with Crippen LogP contribution in [0.2, 0.25) is 0 Å². The first-order chi connectivity index (χ1) is 20.1. The van der Waals surface area contributed by atoms with Gasteiger partial charge in [0.05, 0.1) is 17.1 Å². The molecule has 1 aromatic heterocycles. The Morgan fingerprint density at radius 3 is 2.17 bits per heavy atom. The number of anilines is 1. The van der Waals surface area contributed by atoms with Crippen molar-refractivity contribution < 1.29 is 0 Å². The van der Waals surface area contributed by atoms with Crippen molar-refractivity contribution >= 4 is 27.5 Å². The summed E-state index contributed by atoms with van der Waals surface area (Å²) in [4.78, 5) is 2.60. The number of fused-ring (bicyclic) bond motifs is 6. The van der Waals surface area contributed by atoms with E-state index in [4.69, 9.17) is 0 Å². The zero-order valence-corrected chi connectivity index (χ0v) is 23.7. The minimum Gasteiger partial charge on any atom is -0.337 e. The second-order valence-corrected chi connectivity index (χ2v) is 12.1. The third-order valence-electron chi connectivity index (χ3n) is 9.61. The Labute approximate surface area is 242 Å². The molecule has 3 atom stereocenters. The highest BCUT2D eigenvalue weighted by atomic mass is 15.2. The second-order valence-electron chi connectivity index (χ2n) is 12.1. The number of para-hydroxylation sites is 3. The van der Waals surface area contributed by atoms with Crippen molar-refractivity contribution in [2.45, 2.75) is 38.1 Å². The van der Waals surface area contributed by atoms with Gasteiger partial charge in [-0.05, 0) is 73.2 Å². The summed E-state index contributed by atoms with van der Waals surface area (Å²) in [5.41, 5.74) is 10.8. The van der Waals surface area contributed by atoms with Crippen LogP contribution in [0.4, 0.5) is 5.69 Å². The smallest absolute Gasteiger partial charge is 0.0651 e. The monoisotopic (exact) mass is 530 g/mol. The van der Waals surface area contributed by atoms with E-state index in [9.17, 15) is 0 Å². The molecule has 2 heteroatoms. The van der Waals surface area contributed by atoms with E-state index in [1.165, 1.54) is 55.6 Å². The predicted octanol–water partition coefficient (Wildman–Crippen LogP) is 9.45. The molecule has 3 unspecified atom stereocenters. The van der Waals surface area contributed by atoms with Gasteiger partial charge in [-0.2, -0.15) is 0 Å². The Morgan fingerprint density at radius 1 is 0.756 bits per heavy atom. The highest BCUT2D eigenvalue weighted by molar-refractivity contribution is 6.09. The molecule has 1 aliphatic heterocycles. The van der Waals surface area contributed by atoms with Crippen molar-refractivity contribution in [3.8, 4) is 5.69 Å². The number of allylic oxidation sites excluding steroid dienone is 6. The van der Waals surface area contributed by atoms with Crippen molar-refractivity contribution in [3.05, 3.63) is 156 Å². The zero-order chi connectivity index (χ0) is 27.6. The summed E-state index contributed by atoms with van der Waals surface area (Å²) in [6, 6.07) is 35.9. The number of hydrogen-bond acceptors (Lipinski definition) is 1. The third-order valence-corrected chi connectivity index (χ3v) is 9.61. The summed E-state index contributed by atoms with van der Waals surface area (Å²) < 4.78 is 2.39. The largest absolute Gasteiger partial charge is 0.337 e. The van der Waals surface area contributed by atoms with Crippen molar-refractivity contribution in [3.63, 3.8) is 0 Å². The molecule has 0 spiro atoms. The Balaban J connectivity index is 1.09. The molecule has 0 fully saturated rings. The minimum absolute atomic E-state index is 0.0114. The quantitative estimate of drug-likeness (QED) is 0.225. The highest BCUT2D eigenvalue weighted by Gasteiger charge is 2.46. The van der Waals surface area contributed by atoms with Gasteiger partial charge in [0.1, 0.15) is 0 Å². The van der Waals surface area contributed by atoms with Gasteiger partial charge in [-0.25, -0.2) is 0 Å². The van der Waals surface area contributed by atoms with Crippen LogP contribution in [0.3, 0.4) is 0 Å². The Morgan fingerprint density at radius 2 is 1.44 bits per heavy atom. The first-order valence-corrected chi connectivity index (χ1v) is 14.8. The molecule has 41 heavy (non-hydrogen) atoms. The number of aromatic nitrogens is 1. The average Bonchev–Trinajstić information content (AvgIpc) is 3.48. The average molecular weight is 531 g/mol. The maximum Gasteiger partial charge on any atom is 0.0651 e. The maximum atomic E-state index is 2.60. The summed E-state index contributed by atoms with van der Waals surface area (Å²) in [6.45, 7) is 4.77. The lowest BCUT2D eigenvalue weighted by Crippen LogP contribution is -2.41. The predicted molar refractivity (Wildman–Crippen MR) is 173 cm³/mol. The van der Waals surface area contributed by atoms with Gasteiger partial charge in [0, 0.05) is 33.3 Å². The minimum atomic E-state index is 0.0114. The fourth-order valence-corrected chi connectivity index (χ4v) is 7.44. The van der Waals surface area contributed by atoms with Gasteiger partial charge in [-0.3, -0.25) is 0 Å². The van der Waals surface area contributed by atoms with Gasteiger partial charge in [-0.1, -0.05) is 110 Å². The molecule has 2 heterocycles. The van der Waals surface area contributed by atoms with Crippen LogP contribution < -0.4 is 4.90 Å². The fraction of sp³-hybridized carbons (Fsp3) is 0.179. The van der Waals surface area contributed by atoms with E-state index >= 15 is 0 Å². The summed E-state index contributed by atoms with van der Waals surface area (Å²) >= 11 is 0. The molecule has 3 aliphatic rings. The van der Waals surface area contributed by atoms with E-state index in [1.54, 1.807) is 0 Å². The van der Waals surface area contributed by atoms with E-state index in [0.29, 0.717) is 12.0 Å². The van der Waals surface area contributed by atoms with Gasteiger partial charge >= 0.3 is 0 Å². The Kier molecular flexibility index (Phi) is 5.47. The molecular formula is C39H34N2. The van der Waals surface area contributed by atoms with Gasteiger partial charge in [-0.15, -0.1) is 0 Å². The van der Waals surface area contributed by atoms with Crippen molar-refractivity contribution in [1.82, 2.24) is 4.57 Å². The fourth-order valence-electron chi connectivity index (χ4n) is 7.44. The van der Waals surface area contributed by atoms with E-state index in [0.717, 1.165) is 12.8 Å². The molecule has 5 aromatic rings. The molecule has 0 amide bonds. The molecule has 0 saturated carbocycles. The van der Waals surface area contributed by atoms with Crippen LogP contribution in [0.1, 0.15) is 31.4 Å². The first kappa shape index (κ1) is 24.3. The van der Waals surface area contributed by atoms with Crippen LogP contribution in [0.25, 0.3) is 27.5 Å². The number of hydrogen-bond donors (Lipinski definition) is 0. The van der Waals surface area contributed by atoms with Crippen molar-refractivity contribution in [1.29, 1.82) is 0 Å². The molecule has 2 nitrogen and oxygen atoms in total. The molecule has 0 N–H and O–H groups in total. The molecular weight excluding hydrogens is 496 g/mol. The standard InChI is InChI=1S/C39H34N2/c1-27-25-31(41-37-16-8-5-13-34(37)39(2)24-10-9-17-38(39)41)23-20-29(27)26-28-18-21-30(22-19-28)40-35-14-6-3-11-32(35)33-12-4-7-15-36(33)40/h3-24,27,38H,25-26H2,1-2H3. The van der Waals surface area contributed by atoms with Gasteiger partial charge in [0.2, 0.25) is 0 Å². The lowest BCUT2D eigenvalue weighted by Gasteiger charge is -2.37. The molecule has 2 aliphatic carbocycles. The van der Waals surface area contributed by atoms with Crippen LogP contribution in [0.5, 0.6) is 0 Å². The van der Waals surface area contributed by atoms with E-state index < -0.39 is 0 Å². The summed E-state index contributed by atoms with van der Waals surface area (Å²) in [6.07, 6.45) is 16.0. The Bertz CT molecular complexity index is 1880. The van der Waals surface area contributed by atoms with Crippen molar-refractivity contribution in [2.24, 2.45) is 5.92 Å². The van der Waals surface area contributed by atoms with Crippen LogP contribution in [-0.4, -0.2) is 10.6 Å². The molecule has 8 rings (SSSR count). The van der Waals surface area contributed by atoms with Crippen LogP contribution in [0.15, 0.2) is 145 Å². The van der Waals surface area contributed by atoms with Gasteiger partial charge in [0.15, 0.2) is 0 Å².